The molecule has 7 heteroatoms. The van der Waals surface area contributed by atoms with Gasteiger partial charge in [-0.3, -0.25) is 0 Å². The molecule has 0 radical (unpaired) electrons. The molecule has 0 saturated carbocycles. The van der Waals surface area contributed by atoms with Crippen LogP contribution in [-0.2, 0) is 0 Å². The Kier molecular flexibility index (Phi) is 7.65. The standard InChI is InChI=1S/C17H25F2N3OS/c1-13-5-2-3-11-22(13)12-4-10-20-17(24)21-14-6-8-15(9-7-14)23-16(18)19/h6-9,13,16H,2-5,10-12H2,1H3,(H2,20,21,24)/p+1/t13-/m1/s1. The van der Waals surface area contributed by atoms with Crippen molar-refractivity contribution in [3.63, 3.8) is 0 Å². The van der Waals surface area contributed by atoms with Crippen LogP contribution in [-0.4, -0.2) is 37.4 Å². The normalized spacial score (nSPS) is 20.7. The number of anilines is 1. The Balaban J connectivity index is 1.64. The van der Waals surface area contributed by atoms with Gasteiger partial charge in [0.25, 0.3) is 0 Å². The first-order valence-corrected chi connectivity index (χ1v) is 8.89. The molecular formula is C17H26F2N3OS+. The molecular weight excluding hydrogens is 332 g/mol. The Labute approximate surface area is 147 Å². The number of benzene rings is 1. The molecule has 2 rings (SSSR count). The zero-order valence-corrected chi connectivity index (χ0v) is 14.8. The second-order valence-electron chi connectivity index (χ2n) is 6.19. The average molecular weight is 358 g/mol. The highest BCUT2D eigenvalue weighted by molar-refractivity contribution is 7.80. The van der Waals surface area contributed by atoms with Crippen molar-refractivity contribution in [2.45, 2.75) is 45.3 Å². The number of thiocarbonyl (C=S) groups is 1. The number of piperidine rings is 1. The molecule has 1 aliphatic rings. The maximum absolute atomic E-state index is 12.1. The number of ether oxygens (including phenoxy) is 1. The Morgan fingerprint density at radius 2 is 2.08 bits per heavy atom. The monoisotopic (exact) mass is 358 g/mol. The van der Waals surface area contributed by atoms with Gasteiger partial charge in [0.15, 0.2) is 5.11 Å². The Morgan fingerprint density at radius 3 is 2.75 bits per heavy atom. The average Bonchev–Trinajstić information content (AvgIpc) is 2.54. The molecule has 0 amide bonds. The molecule has 3 N–H and O–H groups in total. The van der Waals surface area contributed by atoms with Crippen LogP contribution in [0.25, 0.3) is 0 Å². The number of hydrogen-bond donors (Lipinski definition) is 3. The second-order valence-corrected chi connectivity index (χ2v) is 6.60. The lowest BCUT2D eigenvalue weighted by Crippen LogP contribution is -3.16. The number of halogens is 2. The number of likely N-dealkylation sites (tertiary alicyclic amines) is 1. The highest BCUT2D eigenvalue weighted by Gasteiger charge is 2.20. The molecule has 134 valence electrons. The van der Waals surface area contributed by atoms with Crippen LogP contribution < -0.4 is 20.3 Å². The van der Waals surface area contributed by atoms with E-state index in [-0.39, 0.29) is 5.75 Å². The summed E-state index contributed by atoms with van der Waals surface area (Å²) in [5.74, 6) is 0.132. The molecule has 1 heterocycles. The predicted octanol–water partition coefficient (Wildman–Crippen LogP) is 2.42. The molecule has 0 bridgehead atoms. The molecule has 0 aliphatic carbocycles. The minimum absolute atomic E-state index is 0.132. The Morgan fingerprint density at radius 1 is 1.33 bits per heavy atom. The lowest BCUT2D eigenvalue weighted by atomic mass is 10.0. The second kappa shape index (κ2) is 9.74. The van der Waals surface area contributed by atoms with Crippen LogP contribution in [0, 0.1) is 0 Å². The minimum atomic E-state index is -2.81. The first-order valence-electron chi connectivity index (χ1n) is 8.49. The molecule has 24 heavy (non-hydrogen) atoms. The minimum Gasteiger partial charge on any atom is -0.435 e. The third-order valence-electron chi connectivity index (χ3n) is 4.38. The largest absolute Gasteiger partial charge is 0.435 e. The van der Waals surface area contributed by atoms with Crippen LogP contribution in [0.1, 0.15) is 32.6 Å². The lowest BCUT2D eigenvalue weighted by molar-refractivity contribution is -0.928. The summed E-state index contributed by atoms with van der Waals surface area (Å²) in [5, 5.41) is 6.77. The summed E-state index contributed by atoms with van der Waals surface area (Å²) in [6, 6.07) is 7.05. The molecule has 0 spiro atoms. The van der Waals surface area contributed by atoms with Crippen LogP contribution >= 0.6 is 12.2 Å². The zero-order valence-electron chi connectivity index (χ0n) is 14.0. The number of rotatable bonds is 7. The maximum Gasteiger partial charge on any atom is 0.387 e. The summed E-state index contributed by atoms with van der Waals surface area (Å²) in [4.78, 5) is 1.69. The van der Waals surface area contributed by atoms with Gasteiger partial charge >= 0.3 is 6.61 Å². The third kappa shape index (κ3) is 6.57. The fourth-order valence-electron chi connectivity index (χ4n) is 3.04. The van der Waals surface area contributed by atoms with Gasteiger partial charge in [-0.05, 0) is 62.7 Å². The number of alkyl halides is 2. The molecule has 1 aromatic carbocycles. The van der Waals surface area contributed by atoms with Gasteiger partial charge < -0.3 is 20.3 Å². The fourth-order valence-corrected chi connectivity index (χ4v) is 3.26. The summed E-state index contributed by atoms with van der Waals surface area (Å²) in [6.07, 6.45) is 5.09. The number of nitrogens with one attached hydrogen (secondary N) is 3. The summed E-state index contributed by atoms with van der Waals surface area (Å²) < 4.78 is 28.5. The van der Waals surface area contributed by atoms with E-state index in [0.717, 1.165) is 31.2 Å². The van der Waals surface area contributed by atoms with Crippen molar-refractivity contribution in [1.82, 2.24) is 5.32 Å². The van der Waals surface area contributed by atoms with Gasteiger partial charge in [0.1, 0.15) is 5.75 Å². The van der Waals surface area contributed by atoms with Gasteiger partial charge in [0.05, 0.1) is 19.1 Å². The predicted molar refractivity (Wildman–Crippen MR) is 95.9 cm³/mol. The van der Waals surface area contributed by atoms with Gasteiger partial charge in [-0.15, -0.1) is 0 Å². The quantitative estimate of drug-likeness (QED) is 0.517. The maximum atomic E-state index is 12.1. The van der Waals surface area contributed by atoms with Crippen molar-refractivity contribution in [2.75, 3.05) is 25.0 Å². The van der Waals surface area contributed by atoms with E-state index in [9.17, 15) is 8.78 Å². The SMILES string of the molecule is C[C@@H]1CCCC[NH+]1CCCNC(=S)Nc1ccc(OC(F)F)cc1. The number of hydrogen-bond acceptors (Lipinski definition) is 2. The Bertz CT molecular complexity index is 513. The topological polar surface area (TPSA) is 37.7 Å². The third-order valence-corrected chi connectivity index (χ3v) is 4.63. The smallest absolute Gasteiger partial charge is 0.387 e. The van der Waals surface area contributed by atoms with Crippen LogP contribution in [0.3, 0.4) is 0 Å². The molecule has 4 nitrogen and oxygen atoms in total. The summed E-state index contributed by atoms with van der Waals surface area (Å²) >= 11 is 5.25. The first-order chi connectivity index (χ1) is 11.5. The molecule has 1 fully saturated rings. The molecule has 1 saturated heterocycles. The summed E-state index contributed by atoms with van der Waals surface area (Å²) in [6.45, 7) is 2.79. The van der Waals surface area contributed by atoms with E-state index < -0.39 is 6.61 Å². The van der Waals surface area contributed by atoms with Crippen molar-refractivity contribution in [3.8, 4) is 5.75 Å². The van der Waals surface area contributed by atoms with Gasteiger partial charge in [-0.25, -0.2) is 0 Å². The molecule has 1 aromatic rings. The van der Waals surface area contributed by atoms with Gasteiger partial charge in [-0.2, -0.15) is 8.78 Å². The highest BCUT2D eigenvalue weighted by atomic mass is 32.1. The van der Waals surface area contributed by atoms with E-state index >= 15 is 0 Å². The van der Waals surface area contributed by atoms with Crippen LogP contribution in [0.5, 0.6) is 5.75 Å². The fraction of sp³-hybridized carbons (Fsp3) is 0.588. The van der Waals surface area contributed by atoms with Crippen molar-refractivity contribution >= 4 is 23.0 Å². The van der Waals surface area contributed by atoms with E-state index in [4.69, 9.17) is 12.2 Å². The van der Waals surface area contributed by atoms with Crippen LogP contribution in [0.15, 0.2) is 24.3 Å². The van der Waals surface area contributed by atoms with Crippen molar-refractivity contribution < 1.29 is 18.4 Å². The van der Waals surface area contributed by atoms with Crippen LogP contribution in [0.2, 0.25) is 0 Å². The van der Waals surface area contributed by atoms with Crippen molar-refractivity contribution in [1.29, 1.82) is 0 Å². The van der Waals surface area contributed by atoms with Gasteiger partial charge in [0.2, 0.25) is 0 Å². The van der Waals surface area contributed by atoms with E-state index in [1.807, 2.05) is 0 Å². The molecule has 1 unspecified atom stereocenters. The van der Waals surface area contributed by atoms with Crippen molar-refractivity contribution in [2.24, 2.45) is 0 Å². The van der Waals surface area contributed by atoms with Crippen LogP contribution in [0.4, 0.5) is 14.5 Å². The van der Waals surface area contributed by atoms with E-state index in [2.05, 4.69) is 22.3 Å². The van der Waals surface area contributed by atoms with E-state index in [0.29, 0.717) is 5.11 Å². The summed E-state index contributed by atoms with van der Waals surface area (Å²) in [5.41, 5.74) is 0.740. The molecule has 1 aliphatic heterocycles. The van der Waals surface area contributed by atoms with E-state index in [1.54, 1.807) is 17.0 Å². The zero-order chi connectivity index (χ0) is 17.4. The number of quaternary nitrogens is 1. The molecule has 0 aromatic heterocycles. The summed E-state index contributed by atoms with van der Waals surface area (Å²) in [7, 11) is 0. The van der Waals surface area contributed by atoms with Crippen molar-refractivity contribution in [3.05, 3.63) is 24.3 Å². The first kappa shape index (κ1) is 18.9. The van der Waals surface area contributed by atoms with Gasteiger partial charge in [0, 0.05) is 18.7 Å². The van der Waals surface area contributed by atoms with E-state index in [1.165, 1.54) is 37.9 Å². The lowest BCUT2D eigenvalue weighted by Gasteiger charge is -2.30. The Hall–Kier alpha value is -1.47. The molecule has 2 atom stereocenters. The van der Waals surface area contributed by atoms with Gasteiger partial charge in [-0.1, -0.05) is 0 Å². The highest BCUT2D eigenvalue weighted by Crippen LogP contribution is 2.17.